The van der Waals surface area contributed by atoms with Crippen molar-refractivity contribution in [2.24, 2.45) is 0 Å². The molecule has 0 spiro atoms. The summed E-state index contributed by atoms with van der Waals surface area (Å²) in [5.74, 6) is 0.0552. The van der Waals surface area contributed by atoms with Crippen molar-refractivity contribution >= 4 is 5.97 Å². The van der Waals surface area contributed by atoms with Crippen molar-refractivity contribution < 1.29 is 9.90 Å². The van der Waals surface area contributed by atoms with Gasteiger partial charge in [-0.3, -0.25) is 0 Å². The lowest BCUT2D eigenvalue weighted by Crippen LogP contribution is -1.99. The number of nitrogens with zero attached hydrogens (tertiary/aromatic N) is 1. The van der Waals surface area contributed by atoms with E-state index < -0.39 is 5.97 Å². The summed E-state index contributed by atoms with van der Waals surface area (Å²) in [5, 5.41) is 9.33. The van der Waals surface area contributed by atoms with Gasteiger partial charge < -0.3 is 10.1 Å². The molecule has 0 atom stereocenters. The second-order valence-electron chi connectivity index (χ2n) is 6.18. The molecule has 3 rings (SSSR count). The fourth-order valence-electron chi connectivity index (χ4n) is 2.91. The highest BCUT2D eigenvalue weighted by atomic mass is 16.4. The minimum Gasteiger partial charge on any atom is -0.478 e. The van der Waals surface area contributed by atoms with E-state index in [0.29, 0.717) is 5.56 Å². The van der Waals surface area contributed by atoms with Crippen LogP contribution in [0.2, 0.25) is 0 Å². The monoisotopic (exact) mass is 334 g/mol. The van der Waals surface area contributed by atoms with Gasteiger partial charge in [0.05, 0.1) is 5.56 Å². The maximum absolute atomic E-state index is 11.4. The molecule has 1 heterocycles. The zero-order chi connectivity index (χ0) is 17.6. The average molecular weight is 334 g/mol. The molecule has 0 bridgehead atoms. The van der Waals surface area contributed by atoms with E-state index in [0.717, 1.165) is 35.4 Å². The standard InChI is InChI=1S/C21H22N2O2/c1-2-3-6-17-14-22-20(23-17)13-15-9-11-16(12-10-15)18-7-4-5-8-19(18)21(24)25/h4-5,7-12,14H,2-3,6,13H2,1H3,(H,22,23)(H,24,25). The number of carbonyl (C=O) groups is 1. The van der Waals surface area contributed by atoms with Gasteiger partial charge in [-0.25, -0.2) is 9.78 Å². The Labute approximate surface area is 147 Å². The van der Waals surface area contributed by atoms with Crippen LogP contribution in [0.5, 0.6) is 0 Å². The van der Waals surface area contributed by atoms with Crippen molar-refractivity contribution in [3.63, 3.8) is 0 Å². The number of aromatic carboxylic acids is 1. The molecule has 0 aliphatic heterocycles. The van der Waals surface area contributed by atoms with E-state index in [1.54, 1.807) is 12.1 Å². The Morgan fingerprint density at radius 2 is 1.88 bits per heavy atom. The number of nitrogens with one attached hydrogen (secondary N) is 1. The van der Waals surface area contributed by atoms with Gasteiger partial charge in [-0.2, -0.15) is 0 Å². The third-order valence-corrected chi connectivity index (χ3v) is 4.27. The number of H-pyrrole nitrogens is 1. The van der Waals surface area contributed by atoms with Crippen molar-refractivity contribution in [3.8, 4) is 11.1 Å². The molecule has 0 radical (unpaired) electrons. The number of carboxylic acid groups (broad SMARTS) is 1. The molecule has 0 aliphatic rings. The molecule has 0 fully saturated rings. The smallest absolute Gasteiger partial charge is 0.336 e. The molecule has 128 valence electrons. The number of hydrogen-bond acceptors (Lipinski definition) is 2. The fourth-order valence-corrected chi connectivity index (χ4v) is 2.91. The summed E-state index contributed by atoms with van der Waals surface area (Å²) in [6, 6.07) is 15.1. The summed E-state index contributed by atoms with van der Waals surface area (Å²) in [7, 11) is 0. The molecule has 0 saturated carbocycles. The summed E-state index contributed by atoms with van der Waals surface area (Å²) >= 11 is 0. The highest BCUT2D eigenvalue weighted by molar-refractivity contribution is 5.95. The second-order valence-corrected chi connectivity index (χ2v) is 6.18. The van der Waals surface area contributed by atoms with Gasteiger partial charge in [0.15, 0.2) is 0 Å². The number of carboxylic acids is 1. The van der Waals surface area contributed by atoms with E-state index in [1.807, 2.05) is 42.6 Å². The van der Waals surface area contributed by atoms with Crippen LogP contribution in [0.4, 0.5) is 0 Å². The molecule has 0 saturated heterocycles. The minimum atomic E-state index is -0.908. The normalized spacial score (nSPS) is 10.8. The van der Waals surface area contributed by atoms with Crippen molar-refractivity contribution in [3.05, 3.63) is 77.4 Å². The van der Waals surface area contributed by atoms with E-state index in [2.05, 4.69) is 16.9 Å². The molecule has 25 heavy (non-hydrogen) atoms. The lowest BCUT2D eigenvalue weighted by molar-refractivity contribution is 0.0697. The molecule has 0 aliphatic carbocycles. The summed E-state index contributed by atoms with van der Waals surface area (Å²) in [5.41, 5.74) is 4.30. The topological polar surface area (TPSA) is 66.0 Å². The first-order valence-electron chi connectivity index (χ1n) is 8.61. The predicted octanol–water partition coefficient (Wildman–Crippen LogP) is 4.71. The fraction of sp³-hybridized carbons (Fsp3) is 0.238. The van der Waals surface area contributed by atoms with Gasteiger partial charge in [0.2, 0.25) is 0 Å². The third-order valence-electron chi connectivity index (χ3n) is 4.27. The van der Waals surface area contributed by atoms with E-state index in [4.69, 9.17) is 0 Å². The highest BCUT2D eigenvalue weighted by Crippen LogP contribution is 2.24. The number of benzene rings is 2. The number of imidazole rings is 1. The first-order chi connectivity index (χ1) is 12.2. The van der Waals surface area contributed by atoms with E-state index in [1.165, 1.54) is 18.5 Å². The van der Waals surface area contributed by atoms with Crippen molar-refractivity contribution in [2.75, 3.05) is 0 Å². The Bertz CT molecular complexity index is 850. The largest absolute Gasteiger partial charge is 0.478 e. The maximum atomic E-state index is 11.4. The van der Waals surface area contributed by atoms with Crippen LogP contribution in [0.15, 0.2) is 54.7 Å². The zero-order valence-electron chi connectivity index (χ0n) is 14.3. The van der Waals surface area contributed by atoms with Crippen molar-refractivity contribution in [1.82, 2.24) is 9.97 Å². The molecule has 2 N–H and O–H groups in total. The molecular formula is C21H22N2O2. The van der Waals surface area contributed by atoms with Crippen LogP contribution < -0.4 is 0 Å². The van der Waals surface area contributed by atoms with Crippen molar-refractivity contribution in [2.45, 2.75) is 32.6 Å². The number of hydrogen-bond donors (Lipinski definition) is 2. The van der Waals surface area contributed by atoms with Crippen LogP contribution in [0.3, 0.4) is 0 Å². The quantitative estimate of drug-likeness (QED) is 0.657. The third kappa shape index (κ3) is 4.15. The van der Waals surface area contributed by atoms with Gasteiger partial charge in [-0.15, -0.1) is 0 Å². The highest BCUT2D eigenvalue weighted by Gasteiger charge is 2.10. The molecule has 4 nitrogen and oxygen atoms in total. The zero-order valence-corrected chi connectivity index (χ0v) is 14.3. The van der Waals surface area contributed by atoms with Gasteiger partial charge in [-0.05, 0) is 35.6 Å². The summed E-state index contributed by atoms with van der Waals surface area (Å²) in [6.07, 6.45) is 6.04. The van der Waals surface area contributed by atoms with Gasteiger partial charge in [-0.1, -0.05) is 55.8 Å². The Balaban J connectivity index is 1.75. The molecular weight excluding hydrogens is 312 g/mol. The SMILES string of the molecule is CCCCc1cnc(Cc2ccc(-c3ccccc3C(=O)O)cc2)[nH]1. The van der Waals surface area contributed by atoms with E-state index >= 15 is 0 Å². The maximum Gasteiger partial charge on any atom is 0.336 e. The average Bonchev–Trinajstić information content (AvgIpc) is 3.08. The van der Waals surface area contributed by atoms with Crippen LogP contribution in [-0.2, 0) is 12.8 Å². The molecule has 2 aromatic carbocycles. The summed E-state index contributed by atoms with van der Waals surface area (Å²) < 4.78 is 0. The number of rotatable bonds is 7. The van der Waals surface area contributed by atoms with Gasteiger partial charge >= 0.3 is 5.97 Å². The lowest BCUT2D eigenvalue weighted by Gasteiger charge is -2.07. The van der Waals surface area contributed by atoms with Gasteiger partial charge in [0.25, 0.3) is 0 Å². The van der Waals surface area contributed by atoms with Crippen LogP contribution in [0, 0.1) is 0 Å². The van der Waals surface area contributed by atoms with E-state index in [-0.39, 0.29) is 0 Å². The summed E-state index contributed by atoms with van der Waals surface area (Å²) in [4.78, 5) is 19.2. The predicted molar refractivity (Wildman–Crippen MR) is 98.8 cm³/mol. The molecule has 1 aromatic heterocycles. The van der Waals surface area contributed by atoms with Crippen molar-refractivity contribution in [1.29, 1.82) is 0 Å². The van der Waals surface area contributed by atoms with Gasteiger partial charge in [0.1, 0.15) is 5.82 Å². The molecule has 0 amide bonds. The molecule has 3 aromatic rings. The number of aromatic nitrogens is 2. The Morgan fingerprint density at radius 3 is 2.60 bits per heavy atom. The minimum absolute atomic E-state index is 0.321. The van der Waals surface area contributed by atoms with Gasteiger partial charge in [0, 0.05) is 18.3 Å². The van der Waals surface area contributed by atoms with E-state index in [9.17, 15) is 9.90 Å². The summed E-state index contributed by atoms with van der Waals surface area (Å²) in [6.45, 7) is 2.18. The van der Waals surface area contributed by atoms with Crippen LogP contribution >= 0.6 is 0 Å². The molecule has 4 heteroatoms. The molecule has 0 unspecified atom stereocenters. The second kappa shape index (κ2) is 7.79. The van der Waals surface area contributed by atoms with Crippen LogP contribution in [0.1, 0.15) is 47.2 Å². The Morgan fingerprint density at radius 1 is 1.12 bits per heavy atom. The lowest BCUT2D eigenvalue weighted by atomic mass is 9.98. The number of unbranched alkanes of at least 4 members (excludes halogenated alkanes) is 1. The van der Waals surface area contributed by atoms with Crippen LogP contribution in [0.25, 0.3) is 11.1 Å². The number of aromatic amines is 1. The van der Waals surface area contributed by atoms with Crippen LogP contribution in [-0.4, -0.2) is 21.0 Å². The first kappa shape index (κ1) is 17.0. The first-order valence-corrected chi connectivity index (χ1v) is 8.61. The Hall–Kier alpha value is -2.88. The Kier molecular flexibility index (Phi) is 5.29. The number of aryl methyl sites for hydroxylation is 1.